The first-order valence-electron chi connectivity index (χ1n) is 4.50. The standard InChI is InChI=1S/C10H14ClN3/c1-2-3-4-5-13-10-9(12)6-8(11)7-14-10/h2-3,6-7H,4-5,12H2,1H3,(H,13,14)/b3-2+. The van der Waals surface area contributed by atoms with Crippen LogP contribution in [0.5, 0.6) is 0 Å². The van der Waals surface area contributed by atoms with Crippen LogP contribution in [-0.2, 0) is 0 Å². The molecule has 0 unspecified atom stereocenters. The van der Waals surface area contributed by atoms with Crippen molar-refractivity contribution in [1.82, 2.24) is 4.98 Å². The molecule has 0 bridgehead atoms. The molecule has 0 saturated carbocycles. The van der Waals surface area contributed by atoms with E-state index in [2.05, 4.69) is 16.4 Å². The van der Waals surface area contributed by atoms with Crippen molar-refractivity contribution in [1.29, 1.82) is 0 Å². The minimum atomic E-state index is 0.557. The molecule has 0 aliphatic carbocycles. The largest absolute Gasteiger partial charge is 0.396 e. The minimum absolute atomic E-state index is 0.557. The summed E-state index contributed by atoms with van der Waals surface area (Å²) < 4.78 is 0. The molecule has 1 aromatic rings. The molecule has 0 atom stereocenters. The molecule has 0 aromatic carbocycles. The van der Waals surface area contributed by atoms with Gasteiger partial charge in [-0.2, -0.15) is 0 Å². The summed E-state index contributed by atoms with van der Waals surface area (Å²) in [5, 5.41) is 3.69. The zero-order chi connectivity index (χ0) is 10.4. The second-order valence-corrected chi connectivity index (χ2v) is 3.31. The number of nitrogens with one attached hydrogen (secondary N) is 1. The smallest absolute Gasteiger partial charge is 0.149 e. The Kier molecular flexibility index (Phi) is 4.26. The third-order valence-corrected chi connectivity index (χ3v) is 1.93. The fourth-order valence-electron chi connectivity index (χ4n) is 1.04. The maximum absolute atomic E-state index is 5.72. The fraction of sp³-hybridized carbons (Fsp3) is 0.300. The van der Waals surface area contributed by atoms with Crippen LogP contribution in [0.4, 0.5) is 11.5 Å². The summed E-state index contributed by atoms with van der Waals surface area (Å²) in [4.78, 5) is 4.08. The lowest BCUT2D eigenvalue weighted by Gasteiger charge is -2.06. The van der Waals surface area contributed by atoms with Gasteiger partial charge in [-0.25, -0.2) is 4.98 Å². The zero-order valence-corrected chi connectivity index (χ0v) is 8.88. The Labute approximate surface area is 89.0 Å². The highest BCUT2D eigenvalue weighted by Gasteiger charge is 1.99. The van der Waals surface area contributed by atoms with Crippen molar-refractivity contribution in [3.63, 3.8) is 0 Å². The Morgan fingerprint density at radius 1 is 1.64 bits per heavy atom. The summed E-state index contributed by atoms with van der Waals surface area (Å²) in [5.74, 6) is 0.693. The zero-order valence-electron chi connectivity index (χ0n) is 8.13. The Morgan fingerprint density at radius 2 is 2.43 bits per heavy atom. The van der Waals surface area contributed by atoms with Crippen molar-refractivity contribution in [2.45, 2.75) is 13.3 Å². The Morgan fingerprint density at radius 3 is 3.07 bits per heavy atom. The van der Waals surface area contributed by atoms with Gasteiger partial charge < -0.3 is 11.1 Å². The lowest BCUT2D eigenvalue weighted by Crippen LogP contribution is -2.05. The van der Waals surface area contributed by atoms with Gasteiger partial charge in [-0.1, -0.05) is 23.8 Å². The maximum Gasteiger partial charge on any atom is 0.149 e. The van der Waals surface area contributed by atoms with Gasteiger partial charge >= 0.3 is 0 Å². The van der Waals surface area contributed by atoms with E-state index in [0.29, 0.717) is 16.5 Å². The van der Waals surface area contributed by atoms with Crippen molar-refractivity contribution < 1.29 is 0 Å². The van der Waals surface area contributed by atoms with Gasteiger partial charge in [0.25, 0.3) is 0 Å². The molecule has 0 fully saturated rings. The van der Waals surface area contributed by atoms with E-state index in [0.717, 1.165) is 13.0 Å². The molecule has 1 rings (SSSR count). The highest BCUT2D eigenvalue weighted by molar-refractivity contribution is 6.30. The normalized spacial score (nSPS) is 10.7. The Hall–Kier alpha value is -1.22. The van der Waals surface area contributed by atoms with Gasteiger partial charge in [0.1, 0.15) is 5.82 Å². The van der Waals surface area contributed by atoms with Crippen LogP contribution < -0.4 is 11.1 Å². The first-order valence-corrected chi connectivity index (χ1v) is 4.88. The number of nitrogen functional groups attached to an aromatic ring is 1. The lowest BCUT2D eigenvalue weighted by molar-refractivity contribution is 1.05. The fourth-order valence-corrected chi connectivity index (χ4v) is 1.21. The van der Waals surface area contributed by atoms with Gasteiger partial charge in [0.15, 0.2) is 0 Å². The molecule has 0 aliphatic rings. The Bertz CT molecular complexity index is 323. The summed E-state index contributed by atoms with van der Waals surface area (Å²) in [6, 6.07) is 1.69. The van der Waals surface area contributed by atoms with Gasteiger partial charge in [0.05, 0.1) is 10.7 Å². The van der Waals surface area contributed by atoms with Crippen LogP contribution >= 0.6 is 11.6 Å². The molecule has 1 aromatic heterocycles. The van der Waals surface area contributed by atoms with Crippen LogP contribution in [0.2, 0.25) is 5.02 Å². The van der Waals surface area contributed by atoms with Crippen molar-refractivity contribution >= 4 is 23.1 Å². The lowest BCUT2D eigenvalue weighted by atomic mass is 10.3. The third-order valence-electron chi connectivity index (χ3n) is 1.72. The topological polar surface area (TPSA) is 50.9 Å². The second-order valence-electron chi connectivity index (χ2n) is 2.88. The molecule has 3 nitrogen and oxygen atoms in total. The van der Waals surface area contributed by atoms with Crippen LogP contribution in [0.1, 0.15) is 13.3 Å². The number of halogens is 1. The van der Waals surface area contributed by atoms with Gasteiger partial charge in [-0.05, 0) is 19.4 Å². The quantitative estimate of drug-likeness (QED) is 0.595. The summed E-state index contributed by atoms with van der Waals surface area (Å²) in [7, 11) is 0. The van der Waals surface area contributed by atoms with Crippen LogP contribution in [0.15, 0.2) is 24.4 Å². The molecular weight excluding hydrogens is 198 g/mol. The van der Waals surface area contributed by atoms with Gasteiger partial charge in [0, 0.05) is 12.7 Å². The first kappa shape index (κ1) is 10.9. The highest BCUT2D eigenvalue weighted by Crippen LogP contribution is 2.18. The monoisotopic (exact) mass is 211 g/mol. The van der Waals surface area contributed by atoms with E-state index >= 15 is 0 Å². The number of hydrogen-bond acceptors (Lipinski definition) is 3. The average Bonchev–Trinajstić information content (AvgIpc) is 2.15. The van der Waals surface area contributed by atoms with Gasteiger partial charge in [-0.15, -0.1) is 0 Å². The van der Waals surface area contributed by atoms with E-state index in [-0.39, 0.29) is 0 Å². The predicted molar refractivity (Wildman–Crippen MR) is 61.6 cm³/mol. The molecule has 0 amide bonds. The maximum atomic E-state index is 5.72. The number of hydrogen-bond donors (Lipinski definition) is 2. The van der Waals surface area contributed by atoms with Crippen LogP contribution in [0.3, 0.4) is 0 Å². The van der Waals surface area contributed by atoms with E-state index < -0.39 is 0 Å². The summed E-state index contributed by atoms with van der Waals surface area (Å²) in [5.41, 5.74) is 6.29. The number of anilines is 2. The second kappa shape index (κ2) is 5.50. The highest BCUT2D eigenvalue weighted by atomic mass is 35.5. The average molecular weight is 212 g/mol. The van der Waals surface area contributed by atoms with E-state index in [1.165, 1.54) is 0 Å². The van der Waals surface area contributed by atoms with Crippen LogP contribution in [0.25, 0.3) is 0 Å². The molecule has 14 heavy (non-hydrogen) atoms. The molecule has 0 aliphatic heterocycles. The molecular formula is C10H14ClN3. The number of aromatic nitrogens is 1. The summed E-state index contributed by atoms with van der Waals surface area (Å²) >= 11 is 5.72. The minimum Gasteiger partial charge on any atom is -0.396 e. The van der Waals surface area contributed by atoms with Crippen molar-refractivity contribution in [3.05, 3.63) is 29.4 Å². The molecule has 3 N–H and O–H groups in total. The van der Waals surface area contributed by atoms with Crippen LogP contribution in [0, 0.1) is 0 Å². The summed E-state index contributed by atoms with van der Waals surface area (Å²) in [6.45, 7) is 2.82. The molecule has 0 saturated heterocycles. The molecule has 0 radical (unpaired) electrons. The van der Waals surface area contributed by atoms with Crippen molar-refractivity contribution in [2.24, 2.45) is 0 Å². The third kappa shape index (κ3) is 3.26. The van der Waals surface area contributed by atoms with Gasteiger partial charge in [0.2, 0.25) is 0 Å². The van der Waals surface area contributed by atoms with E-state index in [1.54, 1.807) is 12.3 Å². The van der Waals surface area contributed by atoms with E-state index in [1.807, 2.05) is 13.0 Å². The predicted octanol–water partition coefficient (Wildman–Crippen LogP) is 2.70. The van der Waals surface area contributed by atoms with Crippen LogP contribution in [-0.4, -0.2) is 11.5 Å². The van der Waals surface area contributed by atoms with Gasteiger partial charge in [-0.3, -0.25) is 0 Å². The van der Waals surface area contributed by atoms with Crippen molar-refractivity contribution in [2.75, 3.05) is 17.6 Å². The first-order chi connectivity index (χ1) is 6.74. The number of allylic oxidation sites excluding steroid dienone is 1. The number of rotatable bonds is 4. The molecule has 1 heterocycles. The van der Waals surface area contributed by atoms with E-state index in [9.17, 15) is 0 Å². The molecule has 0 spiro atoms. The SMILES string of the molecule is C/C=C/CCNc1ncc(Cl)cc1N. The summed E-state index contributed by atoms with van der Waals surface area (Å²) in [6.07, 6.45) is 6.63. The Balaban J connectivity index is 2.50. The number of nitrogens with two attached hydrogens (primary N) is 1. The number of nitrogens with zero attached hydrogens (tertiary/aromatic N) is 1. The number of pyridine rings is 1. The van der Waals surface area contributed by atoms with Crippen molar-refractivity contribution in [3.8, 4) is 0 Å². The molecule has 76 valence electrons. The molecule has 4 heteroatoms. The van der Waals surface area contributed by atoms with E-state index in [4.69, 9.17) is 17.3 Å².